The molecule has 1 amide bonds. The first kappa shape index (κ1) is 19.1. The van der Waals surface area contributed by atoms with Crippen LogP contribution in [0.1, 0.15) is 44.9 Å². The summed E-state index contributed by atoms with van der Waals surface area (Å²) in [5.74, 6) is 1.24. The molecule has 5 nitrogen and oxygen atoms in total. The lowest BCUT2D eigenvalue weighted by Crippen LogP contribution is -2.41. The number of hydrogen-bond donors (Lipinski definition) is 1. The number of allylic oxidation sites excluding steroid dienone is 1. The Balaban J connectivity index is 1.22. The monoisotopic (exact) mass is 396 g/mol. The maximum absolute atomic E-state index is 12.5. The third-order valence-electron chi connectivity index (χ3n) is 5.74. The number of hydrogen-bond acceptors (Lipinski definition) is 5. The lowest BCUT2D eigenvalue weighted by molar-refractivity contribution is -0.125. The molecule has 3 heterocycles. The van der Waals surface area contributed by atoms with Crippen LogP contribution in [0.5, 0.6) is 0 Å². The van der Waals surface area contributed by atoms with Gasteiger partial charge in [0.2, 0.25) is 5.91 Å². The van der Waals surface area contributed by atoms with Gasteiger partial charge in [0.15, 0.2) is 5.82 Å². The predicted molar refractivity (Wildman–Crippen MR) is 114 cm³/mol. The molecule has 2 aromatic heterocycles. The molecule has 0 aromatic carbocycles. The molecule has 1 aliphatic heterocycles. The first-order chi connectivity index (χ1) is 13.8. The third-order valence-corrected chi connectivity index (χ3v) is 6.64. The summed E-state index contributed by atoms with van der Waals surface area (Å²) in [6.07, 6.45) is 10.2. The lowest BCUT2D eigenvalue weighted by Gasteiger charge is -2.31. The van der Waals surface area contributed by atoms with Crippen LogP contribution >= 0.6 is 11.3 Å². The van der Waals surface area contributed by atoms with Crippen LogP contribution in [-0.2, 0) is 4.79 Å². The van der Waals surface area contributed by atoms with Crippen molar-refractivity contribution >= 4 is 23.1 Å². The number of piperidine rings is 1. The highest BCUT2D eigenvalue weighted by Gasteiger charge is 2.25. The van der Waals surface area contributed by atoms with E-state index >= 15 is 0 Å². The molecular weight excluding hydrogens is 368 g/mol. The van der Waals surface area contributed by atoms with Crippen LogP contribution in [0.15, 0.2) is 41.3 Å². The van der Waals surface area contributed by atoms with Gasteiger partial charge in [-0.3, -0.25) is 4.79 Å². The maximum atomic E-state index is 12.5. The highest BCUT2D eigenvalue weighted by molar-refractivity contribution is 7.13. The Morgan fingerprint density at radius 1 is 1.18 bits per heavy atom. The van der Waals surface area contributed by atoms with Gasteiger partial charge in [-0.25, -0.2) is 0 Å². The minimum Gasteiger partial charge on any atom is -0.356 e. The molecule has 0 unspecified atom stereocenters. The van der Waals surface area contributed by atoms with Gasteiger partial charge < -0.3 is 10.2 Å². The van der Waals surface area contributed by atoms with E-state index in [-0.39, 0.29) is 11.8 Å². The van der Waals surface area contributed by atoms with Crippen molar-refractivity contribution in [3.63, 3.8) is 0 Å². The van der Waals surface area contributed by atoms with Gasteiger partial charge in [-0.1, -0.05) is 17.7 Å². The molecule has 0 saturated carbocycles. The predicted octanol–water partition coefficient (Wildman–Crippen LogP) is 4.43. The van der Waals surface area contributed by atoms with Crippen LogP contribution in [0.2, 0.25) is 0 Å². The summed E-state index contributed by atoms with van der Waals surface area (Å²) in [5.41, 5.74) is 2.44. The number of amides is 1. The number of anilines is 1. The molecule has 148 valence electrons. The first-order valence-electron chi connectivity index (χ1n) is 10.4. The van der Waals surface area contributed by atoms with Gasteiger partial charge in [-0.05, 0) is 68.5 Å². The smallest absolute Gasteiger partial charge is 0.223 e. The summed E-state index contributed by atoms with van der Waals surface area (Å²) in [4.78, 5) is 15.9. The molecule has 28 heavy (non-hydrogen) atoms. The lowest BCUT2D eigenvalue weighted by atomic mass is 9.95. The van der Waals surface area contributed by atoms with Crippen molar-refractivity contribution in [2.75, 3.05) is 24.5 Å². The standard InChI is InChI=1S/C22H28N4OS/c27-22(23-13-10-17-5-2-1-3-6-17)18-11-14-26(15-12-18)21-9-8-19(24-25-21)20-7-4-16-28-20/h4-5,7-9,16,18H,1-3,6,10-15H2,(H,23,27). The van der Waals surface area contributed by atoms with E-state index in [4.69, 9.17) is 0 Å². The Kier molecular flexibility index (Phi) is 6.37. The molecule has 1 saturated heterocycles. The Morgan fingerprint density at radius 2 is 2.07 bits per heavy atom. The van der Waals surface area contributed by atoms with Gasteiger partial charge in [0, 0.05) is 25.6 Å². The summed E-state index contributed by atoms with van der Waals surface area (Å²) in [6, 6.07) is 8.16. The number of carbonyl (C=O) groups excluding carboxylic acids is 1. The minimum absolute atomic E-state index is 0.120. The van der Waals surface area contributed by atoms with E-state index in [0.29, 0.717) is 0 Å². The highest BCUT2D eigenvalue weighted by atomic mass is 32.1. The molecular formula is C22H28N4OS. The van der Waals surface area contributed by atoms with Crippen LogP contribution in [0.3, 0.4) is 0 Å². The third kappa shape index (κ3) is 4.79. The van der Waals surface area contributed by atoms with E-state index in [1.54, 1.807) is 11.3 Å². The van der Waals surface area contributed by atoms with Crippen molar-refractivity contribution in [1.29, 1.82) is 0 Å². The zero-order valence-electron chi connectivity index (χ0n) is 16.3. The maximum Gasteiger partial charge on any atom is 0.223 e. The fraction of sp³-hybridized carbons (Fsp3) is 0.500. The van der Waals surface area contributed by atoms with Crippen molar-refractivity contribution < 1.29 is 4.79 Å². The average Bonchev–Trinajstić information content (AvgIpc) is 3.30. The van der Waals surface area contributed by atoms with E-state index in [2.05, 4.69) is 32.6 Å². The van der Waals surface area contributed by atoms with Gasteiger partial charge in [-0.2, -0.15) is 0 Å². The summed E-state index contributed by atoms with van der Waals surface area (Å²) in [7, 11) is 0. The second kappa shape index (κ2) is 9.32. The quantitative estimate of drug-likeness (QED) is 0.734. The normalized spacial score (nSPS) is 18.0. The highest BCUT2D eigenvalue weighted by Crippen LogP contribution is 2.25. The van der Waals surface area contributed by atoms with Crippen molar-refractivity contribution in [3.8, 4) is 10.6 Å². The van der Waals surface area contributed by atoms with Gasteiger partial charge in [0.25, 0.3) is 0 Å². The van der Waals surface area contributed by atoms with Gasteiger partial charge in [0.1, 0.15) is 5.69 Å². The second-order valence-electron chi connectivity index (χ2n) is 7.66. The zero-order valence-corrected chi connectivity index (χ0v) is 17.1. The van der Waals surface area contributed by atoms with E-state index < -0.39 is 0 Å². The van der Waals surface area contributed by atoms with E-state index in [0.717, 1.165) is 55.3 Å². The first-order valence-corrected chi connectivity index (χ1v) is 11.3. The Bertz CT molecular complexity index is 792. The Morgan fingerprint density at radius 3 is 2.75 bits per heavy atom. The van der Waals surface area contributed by atoms with Crippen LogP contribution in [0.4, 0.5) is 5.82 Å². The topological polar surface area (TPSA) is 58.1 Å². The van der Waals surface area contributed by atoms with Crippen molar-refractivity contribution in [2.24, 2.45) is 5.92 Å². The molecule has 1 fully saturated rings. The molecule has 6 heteroatoms. The summed E-state index contributed by atoms with van der Waals surface area (Å²) in [6.45, 7) is 2.49. The molecule has 2 aliphatic rings. The van der Waals surface area contributed by atoms with Crippen LogP contribution in [0.25, 0.3) is 10.6 Å². The summed E-state index contributed by atoms with van der Waals surface area (Å²) in [5, 5.41) is 14.0. The van der Waals surface area contributed by atoms with E-state index in [1.807, 2.05) is 23.6 Å². The van der Waals surface area contributed by atoms with Crippen LogP contribution in [0, 0.1) is 5.92 Å². The zero-order chi connectivity index (χ0) is 19.2. The number of carbonyl (C=O) groups is 1. The van der Waals surface area contributed by atoms with Crippen LogP contribution < -0.4 is 10.2 Å². The molecule has 0 spiro atoms. The molecule has 1 N–H and O–H groups in total. The van der Waals surface area contributed by atoms with Gasteiger partial charge in [0.05, 0.1) is 4.88 Å². The fourth-order valence-corrected chi connectivity index (χ4v) is 4.73. The van der Waals surface area contributed by atoms with Crippen molar-refractivity contribution in [3.05, 3.63) is 41.3 Å². The Hall–Kier alpha value is -2.21. The number of nitrogens with one attached hydrogen (secondary N) is 1. The molecule has 4 rings (SSSR count). The number of thiophene rings is 1. The second-order valence-corrected chi connectivity index (χ2v) is 8.61. The van der Waals surface area contributed by atoms with E-state index in [1.165, 1.54) is 31.3 Å². The number of nitrogens with zero attached hydrogens (tertiary/aromatic N) is 3. The van der Waals surface area contributed by atoms with Crippen molar-refractivity contribution in [1.82, 2.24) is 15.5 Å². The van der Waals surface area contributed by atoms with Crippen molar-refractivity contribution in [2.45, 2.75) is 44.9 Å². The Labute approximate surface area is 170 Å². The fourth-order valence-electron chi connectivity index (χ4n) is 4.04. The minimum atomic E-state index is 0.120. The molecule has 2 aromatic rings. The molecule has 0 atom stereocenters. The summed E-state index contributed by atoms with van der Waals surface area (Å²) < 4.78 is 0. The SMILES string of the molecule is O=C(NCCC1=CCCCC1)C1CCN(c2ccc(-c3cccs3)nn2)CC1. The average molecular weight is 397 g/mol. The van der Waals surface area contributed by atoms with Gasteiger partial charge >= 0.3 is 0 Å². The van der Waals surface area contributed by atoms with E-state index in [9.17, 15) is 4.79 Å². The number of aromatic nitrogens is 2. The van der Waals surface area contributed by atoms with Crippen LogP contribution in [-0.4, -0.2) is 35.7 Å². The summed E-state index contributed by atoms with van der Waals surface area (Å²) >= 11 is 1.67. The largest absolute Gasteiger partial charge is 0.356 e. The van der Waals surface area contributed by atoms with Gasteiger partial charge in [-0.15, -0.1) is 21.5 Å². The molecule has 0 bridgehead atoms. The molecule has 1 aliphatic carbocycles. The molecule has 0 radical (unpaired) electrons. The number of rotatable bonds is 6.